The van der Waals surface area contributed by atoms with Gasteiger partial charge in [0.25, 0.3) is 0 Å². The number of aryl methyl sites for hydroxylation is 3. The van der Waals surface area contributed by atoms with E-state index in [2.05, 4.69) is 20.4 Å². The van der Waals surface area contributed by atoms with Crippen LogP contribution < -0.4 is 5.32 Å². The first-order valence-corrected chi connectivity index (χ1v) is 9.27. The molecule has 0 unspecified atom stereocenters. The minimum atomic E-state index is -0.240. The fourth-order valence-electron chi connectivity index (χ4n) is 2.87. The van der Waals surface area contributed by atoms with Gasteiger partial charge in [-0.15, -0.1) is 0 Å². The Hall–Kier alpha value is -3.55. The van der Waals surface area contributed by atoms with Crippen LogP contribution in [0.5, 0.6) is 0 Å². The number of pyridine rings is 1. The van der Waals surface area contributed by atoms with Crippen LogP contribution in [-0.2, 0) is 16.0 Å². The number of carbonyl (C=O) groups excluding carboxylic acids is 2. The highest BCUT2D eigenvalue weighted by Gasteiger charge is 2.16. The average Bonchev–Trinajstić information content (AvgIpc) is 3.19. The van der Waals surface area contributed by atoms with E-state index < -0.39 is 0 Å². The number of hydrogen-bond acceptors (Lipinski definition) is 6. The number of carbonyl (C=O) groups is 2. The summed E-state index contributed by atoms with van der Waals surface area (Å²) in [5, 5.41) is 6.80. The van der Waals surface area contributed by atoms with Crippen LogP contribution in [0, 0.1) is 13.8 Å². The van der Waals surface area contributed by atoms with Crippen molar-refractivity contribution in [1.82, 2.24) is 20.0 Å². The van der Waals surface area contributed by atoms with E-state index in [1.807, 2.05) is 32.0 Å². The standard InChI is InChI=1S/C21H23N5O3/c1-14-5-4-6-15(2)20(14)23-17(27)13-26(3)19(28)8-7-18-24-21(25-29-18)16-9-11-22-12-10-16/h4-6,9-12H,7-8,13H2,1-3H3,(H,23,27). The zero-order chi connectivity index (χ0) is 20.8. The highest BCUT2D eigenvalue weighted by atomic mass is 16.5. The molecule has 29 heavy (non-hydrogen) atoms. The third kappa shape index (κ3) is 5.25. The first-order chi connectivity index (χ1) is 13.9. The molecule has 0 aliphatic carbocycles. The lowest BCUT2D eigenvalue weighted by atomic mass is 10.1. The number of hydrogen-bond donors (Lipinski definition) is 1. The summed E-state index contributed by atoms with van der Waals surface area (Å²) >= 11 is 0. The van der Waals surface area contributed by atoms with Gasteiger partial charge in [-0.2, -0.15) is 4.98 Å². The van der Waals surface area contributed by atoms with E-state index in [0.717, 1.165) is 22.4 Å². The molecule has 0 radical (unpaired) electrons. The Labute approximate surface area is 169 Å². The third-order valence-electron chi connectivity index (χ3n) is 4.51. The summed E-state index contributed by atoms with van der Waals surface area (Å²) in [4.78, 5) is 34.3. The van der Waals surface area contributed by atoms with Crippen molar-refractivity contribution in [1.29, 1.82) is 0 Å². The molecule has 2 heterocycles. The van der Waals surface area contributed by atoms with E-state index in [4.69, 9.17) is 4.52 Å². The topological polar surface area (TPSA) is 101 Å². The van der Waals surface area contributed by atoms with Gasteiger partial charge in [-0.25, -0.2) is 0 Å². The highest BCUT2D eigenvalue weighted by Crippen LogP contribution is 2.19. The summed E-state index contributed by atoms with van der Waals surface area (Å²) in [6, 6.07) is 9.36. The fraction of sp³-hybridized carbons (Fsp3) is 0.286. The largest absolute Gasteiger partial charge is 0.339 e. The first-order valence-electron chi connectivity index (χ1n) is 9.27. The van der Waals surface area contributed by atoms with E-state index in [1.165, 1.54) is 4.90 Å². The minimum Gasteiger partial charge on any atom is -0.339 e. The number of likely N-dealkylation sites (N-methyl/N-ethyl adjacent to an activating group) is 1. The van der Waals surface area contributed by atoms with Crippen LogP contribution in [0.25, 0.3) is 11.4 Å². The Balaban J connectivity index is 1.50. The summed E-state index contributed by atoms with van der Waals surface area (Å²) in [5.41, 5.74) is 3.54. The van der Waals surface area contributed by atoms with Gasteiger partial charge < -0.3 is 14.7 Å². The molecule has 0 saturated carbocycles. The Morgan fingerprint density at radius 2 is 1.79 bits per heavy atom. The van der Waals surface area contributed by atoms with E-state index in [1.54, 1.807) is 31.6 Å². The molecule has 0 aliphatic rings. The number of nitrogens with zero attached hydrogens (tertiary/aromatic N) is 4. The maximum atomic E-state index is 12.4. The summed E-state index contributed by atoms with van der Waals surface area (Å²) in [5.74, 6) is 0.413. The lowest BCUT2D eigenvalue weighted by Gasteiger charge is -2.18. The third-order valence-corrected chi connectivity index (χ3v) is 4.51. The number of rotatable bonds is 7. The van der Waals surface area contributed by atoms with Crippen molar-refractivity contribution < 1.29 is 14.1 Å². The number of benzene rings is 1. The smallest absolute Gasteiger partial charge is 0.243 e. The predicted molar refractivity (Wildman–Crippen MR) is 108 cm³/mol. The monoisotopic (exact) mass is 393 g/mol. The number of aromatic nitrogens is 3. The molecular formula is C21H23N5O3. The van der Waals surface area contributed by atoms with Gasteiger partial charge in [-0.3, -0.25) is 14.6 Å². The molecule has 0 fully saturated rings. The summed E-state index contributed by atoms with van der Waals surface area (Å²) < 4.78 is 5.20. The van der Waals surface area contributed by atoms with Gasteiger partial charge in [0.05, 0.1) is 6.54 Å². The van der Waals surface area contributed by atoms with Crippen molar-refractivity contribution in [2.75, 3.05) is 18.9 Å². The van der Waals surface area contributed by atoms with Crippen molar-refractivity contribution in [2.45, 2.75) is 26.7 Å². The van der Waals surface area contributed by atoms with Crippen molar-refractivity contribution in [3.8, 4) is 11.4 Å². The lowest BCUT2D eigenvalue weighted by Crippen LogP contribution is -2.35. The maximum absolute atomic E-state index is 12.4. The zero-order valence-electron chi connectivity index (χ0n) is 16.7. The van der Waals surface area contributed by atoms with Crippen LogP contribution in [0.1, 0.15) is 23.4 Å². The Kier molecular flexibility index (Phi) is 6.33. The second kappa shape index (κ2) is 9.09. The second-order valence-corrected chi connectivity index (χ2v) is 6.81. The van der Waals surface area contributed by atoms with Gasteiger partial charge in [0.1, 0.15) is 0 Å². The molecule has 2 aromatic heterocycles. The van der Waals surface area contributed by atoms with Crippen molar-refractivity contribution in [3.05, 3.63) is 59.7 Å². The average molecular weight is 393 g/mol. The molecule has 1 aromatic carbocycles. The van der Waals surface area contributed by atoms with E-state index in [-0.39, 0.29) is 24.8 Å². The van der Waals surface area contributed by atoms with E-state index in [9.17, 15) is 9.59 Å². The molecule has 0 spiro atoms. The molecule has 8 nitrogen and oxygen atoms in total. The van der Waals surface area contributed by atoms with Crippen molar-refractivity contribution in [2.24, 2.45) is 0 Å². The predicted octanol–water partition coefficient (Wildman–Crippen LogP) is 2.78. The summed E-state index contributed by atoms with van der Waals surface area (Å²) in [6.45, 7) is 3.84. The number of anilines is 1. The zero-order valence-corrected chi connectivity index (χ0v) is 16.7. The molecule has 0 atom stereocenters. The Morgan fingerprint density at radius 1 is 1.10 bits per heavy atom. The molecule has 0 saturated heterocycles. The van der Waals surface area contributed by atoms with E-state index in [0.29, 0.717) is 18.1 Å². The molecule has 0 aliphatic heterocycles. The molecule has 3 aromatic rings. The second-order valence-electron chi connectivity index (χ2n) is 6.81. The fourth-order valence-corrected chi connectivity index (χ4v) is 2.87. The van der Waals surface area contributed by atoms with E-state index >= 15 is 0 Å². The number of nitrogens with one attached hydrogen (secondary N) is 1. The lowest BCUT2D eigenvalue weighted by molar-refractivity contribution is -0.133. The Morgan fingerprint density at radius 3 is 2.48 bits per heavy atom. The first kappa shape index (κ1) is 20.2. The van der Waals surface area contributed by atoms with Gasteiger partial charge >= 0.3 is 0 Å². The molecule has 2 amide bonds. The minimum absolute atomic E-state index is 0.0291. The molecule has 8 heteroatoms. The number of amides is 2. The normalized spacial score (nSPS) is 10.6. The molecule has 0 bridgehead atoms. The quantitative estimate of drug-likeness (QED) is 0.662. The number of para-hydroxylation sites is 1. The van der Waals surface area contributed by atoms with Crippen LogP contribution in [0.2, 0.25) is 0 Å². The molecule has 1 N–H and O–H groups in total. The van der Waals surface area contributed by atoms with Gasteiger partial charge in [0.15, 0.2) is 0 Å². The van der Waals surface area contributed by atoms with Crippen LogP contribution >= 0.6 is 0 Å². The van der Waals surface area contributed by atoms with Gasteiger partial charge in [0, 0.05) is 43.5 Å². The van der Waals surface area contributed by atoms with Crippen LogP contribution in [0.15, 0.2) is 47.2 Å². The Bertz CT molecular complexity index is 980. The van der Waals surface area contributed by atoms with Crippen LogP contribution in [0.4, 0.5) is 5.69 Å². The van der Waals surface area contributed by atoms with Crippen molar-refractivity contribution >= 4 is 17.5 Å². The highest BCUT2D eigenvalue weighted by molar-refractivity contribution is 5.95. The maximum Gasteiger partial charge on any atom is 0.243 e. The van der Waals surface area contributed by atoms with Crippen molar-refractivity contribution in [3.63, 3.8) is 0 Å². The van der Waals surface area contributed by atoms with Crippen LogP contribution in [0.3, 0.4) is 0 Å². The SMILES string of the molecule is Cc1cccc(C)c1NC(=O)CN(C)C(=O)CCc1nc(-c2ccncc2)no1. The molecular weight excluding hydrogens is 370 g/mol. The van der Waals surface area contributed by atoms with Gasteiger partial charge in [-0.1, -0.05) is 23.4 Å². The van der Waals surface area contributed by atoms with Crippen LogP contribution in [-0.4, -0.2) is 45.4 Å². The van der Waals surface area contributed by atoms with Gasteiger partial charge in [-0.05, 0) is 37.1 Å². The molecule has 3 rings (SSSR count). The summed E-state index contributed by atoms with van der Waals surface area (Å²) in [7, 11) is 1.60. The molecule has 150 valence electrons. The summed E-state index contributed by atoms with van der Waals surface area (Å²) in [6.07, 6.45) is 3.77. The van der Waals surface area contributed by atoms with Gasteiger partial charge in [0.2, 0.25) is 23.5 Å².